The topological polar surface area (TPSA) is 68.8 Å². The van der Waals surface area contributed by atoms with Crippen molar-refractivity contribution in [2.75, 3.05) is 0 Å². The van der Waals surface area contributed by atoms with Crippen LogP contribution in [-0.4, -0.2) is 30.4 Å². The van der Waals surface area contributed by atoms with Gasteiger partial charge in [-0.3, -0.25) is 4.99 Å². The summed E-state index contributed by atoms with van der Waals surface area (Å²) < 4.78 is 15.2. The first kappa shape index (κ1) is 16.2. The Morgan fingerprint density at radius 3 is 2.63 bits per heavy atom. The Morgan fingerprint density at radius 1 is 1.00 bits per heavy atom. The summed E-state index contributed by atoms with van der Waals surface area (Å²) in [5, 5.41) is 4.43. The molecule has 7 heteroatoms. The van der Waals surface area contributed by atoms with Crippen molar-refractivity contribution in [1.29, 1.82) is 0 Å². The molecule has 0 amide bonds. The molecule has 0 N–H and O–H groups in total. The fourth-order valence-electron chi connectivity index (χ4n) is 3.91. The van der Waals surface area contributed by atoms with Crippen LogP contribution in [0.1, 0.15) is 41.1 Å². The third kappa shape index (κ3) is 2.83. The van der Waals surface area contributed by atoms with Crippen LogP contribution in [0.5, 0.6) is 0 Å². The summed E-state index contributed by atoms with van der Waals surface area (Å²) in [6, 6.07) is 6.82. The van der Waals surface area contributed by atoms with Crippen LogP contribution in [0.25, 0.3) is 5.82 Å². The second-order valence-corrected chi connectivity index (χ2v) is 7.32. The number of benzene rings is 1. The van der Waals surface area contributed by atoms with Crippen LogP contribution in [0, 0.1) is 32.5 Å². The Labute approximate surface area is 156 Å². The smallest absolute Gasteiger partial charge is 0.159 e. The molecule has 3 heterocycles. The molecule has 0 radical (unpaired) electrons. The first-order valence-corrected chi connectivity index (χ1v) is 9.10. The van der Waals surface area contributed by atoms with Crippen LogP contribution < -0.4 is 0 Å². The van der Waals surface area contributed by atoms with E-state index in [0.29, 0.717) is 11.8 Å². The van der Waals surface area contributed by atoms with Crippen molar-refractivity contribution in [3.63, 3.8) is 0 Å². The molecule has 0 saturated heterocycles. The second-order valence-electron chi connectivity index (χ2n) is 7.32. The van der Waals surface area contributed by atoms with Gasteiger partial charge in [0.15, 0.2) is 5.82 Å². The number of aromatic nitrogens is 5. The third-order valence-electron chi connectivity index (χ3n) is 5.21. The van der Waals surface area contributed by atoms with Crippen molar-refractivity contribution in [3.05, 3.63) is 58.8 Å². The number of nitrogens with zero attached hydrogens (tertiary/aromatic N) is 6. The maximum Gasteiger partial charge on any atom is 0.159 e. The van der Waals surface area contributed by atoms with E-state index in [0.717, 1.165) is 58.8 Å². The molecule has 1 aromatic carbocycles. The molecular weight excluding hydrogens is 343 g/mol. The van der Waals surface area contributed by atoms with E-state index in [1.54, 1.807) is 16.8 Å². The van der Waals surface area contributed by atoms with E-state index in [9.17, 15) is 4.39 Å². The summed E-state index contributed by atoms with van der Waals surface area (Å²) in [5.74, 6) is 3.49. The molecule has 5 rings (SSSR count). The van der Waals surface area contributed by atoms with Crippen LogP contribution >= 0.6 is 0 Å². The molecule has 1 aliphatic heterocycles. The maximum atomic E-state index is 13.5. The minimum atomic E-state index is -0.202. The largest absolute Gasteiger partial charge is 0.257 e. The fraction of sp³-hybridized carbons (Fsp3) is 0.350. The first-order chi connectivity index (χ1) is 13.0. The highest BCUT2D eigenvalue weighted by Gasteiger charge is 2.44. The van der Waals surface area contributed by atoms with Crippen LogP contribution in [0.3, 0.4) is 0 Å². The van der Waals surface area contributed by atoms with Gasteiger partial charge in [-0.25, -0.2) is 19.3 Å². The minimum absolute atomic E-state index is 0.202. The monoisotopic (exact) mass is 362 g/mol. The van der Waals surface area contributed by atoms with Crippen LogP contribution in [0.2, 0.25) is 0 Å². The van der Waals surface area contributed by atoms with E-state index < -0.39 is 0 Å². The lowest BCUT2D eigenvalue weighted by molar-refractivity contribution is 0.626. The molecule has 2 aliphatic rings. The third-order valence-corrected chi connectivity index (χ3v) is 5.21. The summed E-state index contributed by atoms with van der Waals surface area (Å²) in [5.41, 5.74) is 4.01. The van der Waals surface area contributed by atoms with E-state index >= 15 is 0 Å². The minimum Gasteiger partial charge on any atom is -0.257 e. The Hall–Kier alpha value is -2.96. The molecule has 0 bridgehead atoms. The van der Waals surface area contributed by atoms with Crippen LogP contribution in [0.4, 0.5) is 10.1 Å². The predicted molar refractivity (Wildman–Crippen MR) is 99.2 cm³/mol. The van der Waals surface area contributed by atoms with Gasteiger partial charge in [-0.1, -0.05) is 0 Å². The SMILES string of the molecule is Cc1nc([C@@H]2C[C@H]2C2=Nc3ccc(F)cc3C2)cc(-n2nc(C)nc2C)n1. The number of rotatable bonds is 3. The van der Waals surface area contributed by atoms with Gasteiger partial charge in [0.05, 0.1) is 11.4 Å². The average molecular weight is 362 g/mol. The number of hydrogen-bond acceptors (Lipinski definition) is 5. The molecule has 3 aromatic rings. The zero-order valence-electron chi connectivity index (χ0n) is 15.4. The van der Waals surface area contributed by atoms with E-state index in [1.807, 2.05) is 26.8 Å². The molecule has 1 fully saturated rings. The molecule has 136 valence electrons. The lowest BCUT2D eigenvalue weighted by Crippen LogP contribution is -2.08. The Morgan fingerprint density at radius 2 is 1.85 bits per heavy atom. The molecule has 6 nitrogen and oxygen atoms in total. The van der Waals surface area contributed by atoms with Crippen molar-refractivity contribution in [3.8, 4) is 5.82 Å². The van der Waals surface area contributed by atoms with Gasteiger partial charge < -0.3 is 0 Å². The summed E-state index contributed by atoms with van der Waals surface area (Å²) in [6.07, 6.45) is 1.74. The number of aryl methyl sites for hydroxylation is 3. The normalized spacial score (nSPS) is 20.5. The Balaban J connectivity index is 1.42. The molecule has 2 atom stereocenters. The predicted octanol–water partition coefficient (Wildman–Crippen LogP) is 3.55. The van der Waals surface area contributed by atoms with Gasteiger partial charge >= 0.3 is 0 Å². The number of halogens is 1. The highest BCUT2D eigenvalue weighted by molar-refractivity contribution is 5.98. The fourth-order valence-corrected chi connectivity index (χ4v) is 3.91. The zero-order valence-corrected chi connectivity index (χ0v) is 15.4. The second kappa shape index (κ2) is 5.77. The van der Waals surface area contributed by atoms with Crippen molar-refractivity contribution < 1.29 is 4.39 Å². The molecular formula is C20H19FN6. The highest BCUT2D eigenvalue weighted by Crippen LogP contribution is 2.50. The highest BCUT2D eigenvalue weighted by atomic mass is 19.1. The molecule has 27 heavy (non-hydrogen) atoms. The molecule has 0 spiro atoms. The zero-order chi connectivity index (χ0) is 18.7. The van der Waals surface area contributed by atoms with Crippen molar-refractivity contribution >= 4 is 11.4 Å². The van der Waals surface area contributed by atoms with Crippen molar-refractivity contribution in [2.45, 2.75) is 39.5 Å². The van der Waals surface area contributed by atoms with Gasteiger partial charge in [0.2, 0.25) is 0 Å². The molecule has 0 unspecified atom stereocenters. The summed E-state index contributed by atoms with van der Waals surface area (Å²) >= 11 is 0. The number of aliphatic imine (C=N–C) groups is 1. The summed E-state index contributed by atoms with van der Waals surface area (Å²) in [6.45, 7) is 5.68. The summed E-state index contributed by atoms with van der Waals surface area (Å²) in [7, 11) is 0. The van der Waals surface area contributed by atoms with E-state index in [2.05, 4.69) is 20.1 Å². The van der Waals surface area contributed by atoms with Crippen LogP contribution in [-0.2, 0) is 6.42 Å². The number of hydrogen-bond donors (Lipinski definition) is 0. The van der Waals surface area contributed by atoms with Gasteiger partial charge in [-0.2, -0.15) is 4.68 Å². The van der Waals surface area contributed by atoms with E-state index in [4.69, 9.17) is 4.99 Å². The number of fused-ring (bicyclic) bond motifs is 1. The van der Waals surface area contributed by atoms with Gasteiger partial charge in [0.1, 0.15) is 23.3 Å². The standard InChI is InChI=1S/C20H19FN6/c1-10-23-19(9-20(24-10)27-12(3)22-11(2)26-27)16-8-15(16)18-7-13-6-14(21)4-5-17(13)25-18/h4-6,9,15-16H,7-8H2,1-3H3/t15-,16-/m1/s1. The molecule has 2 aromatic heterocycles. The van der Waals surface area contributed by atoms with Gasteiger partial charge in [0.25, 0.3) is 0 Å². The molecule has 1 saturated carbocycles. The maximum absolute atomic E-state index is 13.5. The first-order valence-electron chi connectivity index (χ1n) is 9.10. The van der Waals surface area contributed by atoms with Gasteiger partial charge in [-0.15, -0.1) is 5.10 Å². The average Bonchev–Trinajstić information content (AvgIpc) is 3.20. The van der Waals surface area contributed by atoms with Gasteiger partial charge in [-0.05, 0) is 51.0 Å². The van der Waals surface area contributed by atoms with E-state index in [1.165, 1.54) is 6.07 Å². The van der Waals surface area contributed by atoms with Crippen LogP contribution in [0.15, 0.2) is 29.3 Å². The van der Waals surface area contributed by atoms with Gasteiger partial charge in [0, 0.05) is 30.0 Å². The lowest BCUT2D eigenvalue weighted by atomic mass is 10.1. The Kier molecular flexibility index (Phi) is 3.47. The van der Waals surface area contributed by atoms with E-state index in [-0.39, 0.29) is 5.82 Å². The molecule has 1 aliphatic carbocycles. The van der Waals surface area contributed by atoms with Crippen molar-refractivity contribution in [1.82, 2.24) is 24.7 Å². The quantitative estimate of drug-likeness (QED) is 0.714. The summed E-state index contributed by atoms with van der Waals surface area (Å²) in [4.78, 5) is 18.3. The lowest BCUT2D eigenvalue weighted by Gasteiger charge is -2.07. The Bertz CT molecular complexity index is 1100. The van der Waals surface area contributed by atoms with Crippen molar-refractivity contribution in [2.24, 2.45) is 10.9 Å².